The van der Waals surface area contributed by atoms with Crippen molar-refractivity contribution in [2.24, 2.45) is 0 Å². The molecule has 1 heterocycles. The van der Waals surface area contributed by atoms with E-state index in [0.717, 1.165) is 66.5 Å². The molecule has 0 N–H and O–H groups in total. The van der Waals surface area contributed by atoms with Crippen molar-refractivity contribution in [1.82, 2.24) is 4.57 Å². The first-order valence-electron chi connectivity index (χ1n) is 24.0. The molecule has 0 unspecified atom stereocenters. The van der Waals surface area contributed by atoms with Crippen LogP contribution in [0.15, 0.2) is 261 Å². The molecule has 0 amide bonds. The zero-order chi connectivity index (χ0) is 46.3. The minimum absolute atomic E-state index is 0.266. The molecule has 0 radical (unpaired) electrons. The predicted molar refractivity (Wildman–Crippen MR) is 291 cm³/mol. The van der Waals surface area contributed by atoms with E-state index in [1.165, 1.54) is 54.9 Å². The number of rotatable bonds is 7. The monoisotopic (exact) mass is 894 g/mol. The summed E-state index contributed by atoms with van der Waals surface area (Å²) in [5.41, 5.74) is 15.8. The first-order valence-corrected chi connectivity index (χ1v) is 24.0. The fourth-order valence-corrected chi connectivity index (χ4v) is 11.9. The average Bonchev–Trinajstić information content (AvgIpc) is 3.92. The van der Waals surface area contributed by atoms with E-state index < -0.39 is 5.41 Å². The Morgan fingerprint density at radius 2 is 0.914 bits per heavy atom. The lowest BCUT2D eigenvalue weighted by atomic mass is 9.67. The van der Waals surface area contributed by atoms with Crippen molar-refractivity contribution in [3.8, 4) is 27.9 Å². The molecule has 1 aliphatic carbocycles. The molecule has 0 atom stereocenters. The maximum absolute atomic E-state index is 14.7. The topological polar surface area (TPSA) is 8.17 Å². The highest BCUT2D eigenvalue weighted by Crippen LogP contribution is 2.57. The zero-order valence-electron chi connectivity index (χ0n) is 38.1. The molecule has 328 valence electrons. The highest BCUT2D eigenvalue weighted by Gasteiger charge is 2.46. The quantitative estimate of drug-likeness (QED) is 0.145. The molecule has 2 nitrogen and oxygen atoms in total. The number of halogens is 1. The molecule has 0 saturated carbocycles. The van der Waals surface area contributed by atoms with Crippen LogP contribution >= 0.6 is 0 Å². The second-order valence-corrected chi connectivity index (χ2v) is 18.5. The van der Waals surface area contributed by atoms with E-state index >= 15 is 0 Å². The van der Waals surface area contributed by atoms with Crippen molar-refractivity contribution in [2.75, 3.05) is 4.90 Å². The summed E-state index contributed by atoms with van der Waals surface area (Å²) in [4.78, 5) is 2.30. The molecule has 0 saturated heterocycles. The Morgan fingerprint density at radius 1 is 0.343 bits per heavy atom. The van der Waals surface area contributed by atoms with Crippen LogP contribution in [0.1, 0.15) is 22.3 Å². The molecule has 1 aliphatic rings. The summed E-state index contributed by atoms with van der Waals surface area (Å²) in [6.45, 7) is 0. The summed E-state index contributed by atoms with van der Waals surface area (Å²) >= 11 is 0. The van der Waals surface area contributed by atoms with Crippen LogP contribution in [0, 0.1) is 5.82 Å². The SMILES string of the molecule is Fc1ccc(N(c2ccc(-c3ccc4c(c3)c3ccccc3n4-c3ccc4c(c3)C(c3ccccc3)(c3ccccc3)c3ccccc3-4)c3ccccc23)c2cc3ccccc3c3ccccc23)cc1. The van der Waals surface area contributed by atoms with Crippen LogP contribution in [0.3, 0.4) is 0 Å². The van der Waals surface area contributed by atoms with Crippen molar-refractivity contribution in [2.45, 2.75) is 5.41 Å². The Hall–Kier alpha value is -9.05. The van der Waals surface area contributed by atoms with Gasteiger partial charge in [-0.05, 0) is 133 Å². The summed E-state index contributed by atoms with van der Waals surface area (Å²) in [5, 5.41) is 9.28. The average molecular weight is 895 g/mol. The number of benzene rings is 12. The maximum Gasteiger partial charge on any atom is 0.123 e. The zero-order valence-corrected chi connectivity index (χ0v) is 38.1. The first-order chi connectivity index (χ1) is 34.6. The van der Waals surface area contributed by atoms with Crippen molar-refractivity contribution in [3.63, 3.8) is 0 Å². The van der Waals surface area contributed by atoms with E-state index in [4.69, 9.17) is 0 Å². The molecule has 70 heavy (non-hydrogen) atoms. The Morgan fingerprint density at radius 3 is 1.67 bits per heavy atom. The lowest BCUT2D eigenvalue weighted by Gasteiger charge is -2.34. The lowest BCUT2D eigenvalue weighted by molar-refractivity contribution is 0.628. The smallest absolute Gasteiger partial charge is 0.123 e. The van der Waals surface area contributed by atoms with Gasteiger partial charge in [0, 0.05) is 32.9 Å². The van der Waals surface area contributed by atoms with Gasteiger partial charge in [-0.25, -0.2) is 4.39 Å². The van der Waals surface area contributed by atoms with E-state index in [9.17, 15) is 4.39 Å². The predicted octanol–water partition coefficient (Wildman–Crippen LogP) is 17.9. The van der Waals surface area contributed by atoms with Crippen molar-refractivity contribution >= 4 is 71.2 Å². The number of hydrogen-bond donors (Lipinski definition) is 0. The molecule has 12 aromatic carbocycles. The van der Waals surface area contributed by atoms with Crippen LogP contribution in [0.25, 0.3) is 82.1 Å². The number of nitrogens with zero attached hydrogens (tertiary/aromatic N) is 2. The molecular weight excluding hydrogens is 852 g/mol. The van der Waals surface area contributed by atoms with Gasteiger partial charge in [0.15, 0.2) is 0 Å². The number of anilines is 3. The van der Waals surface area contributed by atoms with Crippen molar-refractivity contribution in [3.05, 3.63) is 289 Å². The minimum atomic E-state index is -0.503. The van der Waals surface area contributed by atoms with Crippen LogP contribution in [0.4, 0.5) is 21.5 Å². The molecule has 0 bridgehead atoms. The van der Waals surface area contributed by atoms with Crippen LogP contribution in [-0.4, -0.2) is 4.57 Å². The molecule has 13 aromatic rings. The van der Waals surface area contributed by atoms with E-state index in [2.05, 4.69) is 246 Å². The van der Waals surface area contributed by atoms with Gasteiger partial charge in [0.2, 0.25) is 0 Å². The maximum atomic E-state index is 14.7. The van der Waals surface area contributed by atoms with Gasteiger partial charge in [-0.1, -0.05) is 194 Å². The molecule has 3 heteroatoms. The van der Waals surface area contributed by atoms with Gasteiger partial charge in [-0.15, -0.1) is 0 Å². The minimum Gasteiger partial charge on any atom is -0.309 e. The summed E-state index contributed by atoms with van der Waals surface area (Å²) in [7, 11) is 0. The standard InChI is InChI=1S/C67H43FN2/c68-48-32-34-49(35-33-48)69(66-42-44-17-7-8-22-51(44)53-23-10-12-27-58(53)66)64-40-38-52(54-24-9-11-26-57(54)64)45-31-39-65-60(41-45)59-28-14-16-30-63(59)70(65)50-36-37-56-55-25-13-15-29-61(55)67(62(56)43-50,46-18-3-1-4-19-46)47-20-5-2-6-21-47/h1-43H. The highest BCUT2D eigenvalue weighted by atomic mass is 19.1. The fourth-order valence-electron chi connectivity index (χ4n) is 11.9. The van der Waals surface area contributed by atoms with E-state index in [1.54, 1.807) is 12.1 Å². The van der Waals surface area contributed by atoms with E-state index in [0.29, 0.717) is 0 Å². The van der Waals surface area contributed by atoms with Gasteiger partial charge in [0.05, 0.1) is 27.8 Å². The highest BCUT2D eigenvalue weighted by molar-refractivity contribution is 6.17. The summed E-state index contributed by atoms with van der Waals surface area (Å²) in [6, 6.07) is 93.4. The Kier molecular flexibility index (Phi) is 9.02. The fraction of sp³-hybridized carbons (Fsp3) is 0.0149. The Balaban J connectivity index is 0.955. The number of hydrogen-bond acceptors (Lipinski definition) is 1. The first kappa shape index (κ1) is 40.1. The van der Waals surface area contributed by atoms with E-state index in [1.807, 2.05) is 12.1 Å². The normalized spacial score (nSPS) is 12.8. The van der Waals surface area contributed by atoms with Crippen LogP contribution in [0.5, 0.6) is 0 Å². The van der Waals surface area contributed by atoms with Gasteiger partial charge in [0.25, 0.3) is 0 Å². The largest absolute Gasteiger partial charge is 0.309 e. The van der Waals surface area contributed by atoms with Gasteiger partial charge in [-0.2, -0.15) is 0 Å². The van der Waals surface area contributed by atoms with Gasteiger partial charge < -0.3 is 9.47 Å². The third-order valence-electron chi connectivity index (χ3n) is 14.9. The van der Waals surface area contributed by atoms with Gasteiger partial charge in [0.1, 0.15) is 5.82 Å². The van der Waals surface area contributed by atoms with Crippen LogP contribution in [-0.2, 0) is 5.41 Å². The molecule has 0 spiro atoms. The number of fused-ring (bicyclic) bond motifs is 10. The lowest BCUT2D eigenvalue weighted by Crippen LogP contribution is -2.28. The molecule has 14 rings (SSSR count). The van der Waals surface area contributed by atoms with Crippen LogP contribution < -0.4 is 4.90 Å². The third kappa shape index (κ3) is 5.91. The number of para-hydroxylation sites is 1. The third-order valence-corrected chi connectivity index (χ3v) is 14.9. The molecular formula is C67H43FN2. The van der Waals surface area contributed by atoms with Gasteiger partial charge in [-0.3, -0.25) is 0 Å². The number of aromatic nitrogens is 1. The van der Waals surface area contributed by atoms with Crippen molar-refractivity contribution < 1.29 is 4.39 Å². The van der Waals surface area contributed by atoms with Crippen LogP contribution in [0.2, 0.25) is 0 Å². The van der Waals surface area contributed by atoms with Crippen molar-refractivity contribution in [1.29, 1.82) is 0 Å². The summed E-state index contributed by atoms with van der Waals surface area (Å²) in [5.74, 6) is -0.266. The second-order valence-electron chi connectivity index (χ2n) is 18.5. The molecule has 0 fully saturated rings. The molecule has 0 aliphatic heterocycles. The Labute approximate surface area is 405 Å². The summed E-state index contributed by atoms with van der Waals surface area (Å²) in [6.07, 6.45) is 0. The second kappa shape index (κ2) is 15.8. The Bertz CT molecular complexity index is 4150. The molecule has 1 aromatic heterocycles. The summed E-state index contributed by atoms with van der Waals surface area (Å²) < 4.78 is 17.1. The van der Waals surface area contributed by atoms with E-state index in [-0.39, 0.29) is 5.82 Å². The van der Waals surface area contributed by atoms with Gasteiger partial charge >= 0.3 is 0 Å².